The van der Waals surface area contributed by atoms with E-state index in [9.17, 15) is 19.6 Å². The molecule has 0 aliphatic heterocycles. The summed E-state index contributed by atoms with van der Waals surface area (Å²) in [4.78, 5) is 36.8. The Balaban J connectivity index is 2.01. The first-order chi connectivity index (χ1) is 12.5. The third kappa shape index (κ3) is 4.79. The molecule has 26 heavy (non-hydrogen) atoms. The number of amides is 1. The van der Waals surface area contributed by atoms with E-state index in [2.05, 4.69) is 5.32 Å². The van der Waals surface area contributed by atoms with E-state index in [1.54, 1.807) is 13.0 Å². The number of anilines is 1. The number of carbonyl (C=O) groups excluding carboxylic acids is 3. The molecular weight excluding hydrogens is 360 g/mol. The average Bonchev–Trinajstić information content (AvgIpc) is 3.03. The summed E-state index contributed by atoms with van der Waals surface area (Å²) in [6.07, 6.45) is 1.85. The van der Waals surface area contributed by atoms with Crippen molar-refractivity contribution >= 4 is 34.2 Å². The summed E-state index contributed by atoms with van der Waals surface area (Å²) in [5, 5.41) is 14.4. The smallest absolute Gasteiger partial charge is 0.405 e. The SMILES string of the molecule is CCOC(=O)c1cc(CC)sc1NC(=O)COC(=O)c1cccc[n+]1[O-]. The lowest BCUT2D eigenvalue weighted by Gasteiger charge is -2.07. The van der Waals surface area contributed by atoms with Gasteiger partial charge < -0.3 is 20.0 Å². The molecule has 0 fully saturated rings. The number of pyridine rings is 1. The predicted molar refractivity (Wildman–Crippen MR) is 94.0 cm³/mol. The van der Waals surface area contributed by atoms with Gasteiger partial charge in [0.1, 0.15) is 5.00 Å². The molecule has 2 aromatic rings. The Hall–Kier alpha value is -2.94. The number of carbonyl (C=O) groups is 3. The van der Waals surface area contributed by atoms with Crippen LogP contribution in [0, 0.1) is 5.21 Å². The van der Waals surface area contributed by atoms with E-state index in [-0.39, 0.29) is 17.9 Å². The highest BCUT2D eigenvalue weighted by molar-refractivity contribution is 7.16. The lowest BCUT2D eigenvalue weighted by molar-refractivity contribution is -0.608. The van der Waals surface area contributed by atoms with Gasteiger partial charge >= 0.3 is 17.6 Å². The van der Waals surface area contributed by atoms with Crippen LogP contribution in [0.1, 0.15) is 39.6 Å². The standard InChI is InChI=1S/C17H18N2O6S/c1-3-11-9-12(16(21)24-4-2)15(26-11)18-14(20)10-25-17(22)13-7-5-6-8-19(13)23/h5-9H,3-4,10H2,1-2H3,(H,18,20). The van der Waals surface area contributed by atoms with E-state index in [4.69, 9.17) is 9.47 Å². The zero-order chi connectivity index (χ0) is 19.1. The van der Waals surface area contributed by atoms with Gasteiger partial charge in [0.2, 0.25) is 0 Å². The highest BCUT2D eigenvalue weighted by atomic mass is 32.1. The number of hydrogen-bond donors (Lipinski definition) is 1. The topological polar surface area (TPSA) is 109 Å². The van der Waals surface area contributed by atoms with Crippen LogP contribution in [0.15, 0.2) is 30.5 Å². The van der Waals surface area contributed by atoms with Gasteiger partial charge in [-0.2, -0.15) is 4.73 Å². The summed E-state index contributed by atoms with van der Waals surface area (Å²) in [6.45, 7) is 3.24. The number of esters is 2. The second kappa shape index (κ2) is 8.95. The number of aryl methyl sites for hydroxylation is 1. The highest BCUT2D eigenvalue weighted by Gasteiger charge is 2.21. The van der Waals surface area contributed by atoms with Crippen molar-refractivity contribution in [3.63, 3.8) is 0 Å². The largest absolute Gasteiger partial charge is 0.618 e. The first-order valence-electron chi connectivity index (χ1n) is 7.91. The monoisotopic (exact) mass is 378 g/mol. The Morgan fingerprint density at radius 1 is 1.19 bits per heavy atom. The summed E-state index contributed by atoms with van der Waals surface area (Å²) in [5.74, 6) is -2.07. The quantitative estimate of drug-likeness (QED) is 0.448. The van der Waals surface area contributed by atoms with Crippen LogP contribution in [0.4, 0.5) is 5.00 Å². The molecule has 1 N–H and O–H groups in total. The summed E-state index contributed by atoms with van der Waals surface area (Å²) < 4.78 is 10.2. The summed E-state index contributed by atoms with van der Waals surface area (Å²) in [7, 11) is 0. The molecule has 2 rings (SSSR count). The lowest BCUT2D eigenvalue weighted by Crippen LogP contribution is -2.35. The zero-order valence-electron chi connectivity index (χ0n) is 14.3. The van der Waals surface area contributed by atoms with Crippen molar-refractivity contribution in [1.29, 1.82) is 0 Å². The van der Waals surface area contributed by atoms with Gasteiger partial charge in [0.05, 0.1) is 12.2 Å². The van der Waals surface area contributed by atoms with Crippen LogP contribution in [-0.4, -0.2) is 31.1 Å². The molecule has 1 amide bonds. The van der Waals surface area contributed by atoms with Crippen molar-refractivity contribution in [3.8, 4) is 0 Å². The third-order valence-electron chi connectivity index (χ3n) is 3.25. The average molecular weight is 378 g/mol. The summed E-state index contributed by atoms with van der Waals surface area (Å²) in [5.41, 5.74) is 0.0331. The Kier molecular flexibility index (Phi) is 6.67. The zero-order valence-corrected chi connectivity index (χ0v) is 15.1. The Morgan fingerprint density at radius 3 is 2.62 bits per heavy atom. The fourth-order valence-corrected chi connectivity index (χ4v) is 3.02. The van der Waals surface area contributed by atoms with Gasteiger partial charge in [-0.15, -0.1) is 11.3 Å². The molecule has 2 aromatic heterocycles. The van der Waals surface area contributed by atoms with Gasteiger partial charge in [-0.25, -0.2) is 9.59 Å². The third-order valence-corrected chi connectivity index (χ3v) is 4.44. The number of nitrogens with zero attached hydrogens (tertiary/aromatic N) is 1. The molecule has 9 heteroatoms. The molecule has 2 heterocycles. The molecule has 0 aliphatic rings. The van der Waals surface area contributed by atoms with Crippen molar-refractivity contribution < 1.29 is 28.6 Å². The van der Waals surface area contributed by atoms with E-state index in [1.165, 1.54) is 29.5 Å². The lowest BCUT2D eigenvalue weighted by atomic mass is 10.2. The number of thiophene rings is 1. The number of hydrogen-bond acceptors (Lipinski definition) is 7. The molecule has 0 aliphatic carbocycles. The molecule has 0 unspecified atom stereocenters. The summed E-state index contributed by atoms with van der Waals surface area (Å²) in [6, 6.07) is 5.93. The molecule has 0 atom stereocenters. The molecule has 0 radical (unpaired) electrons. The van der Waals surface area contributed by atoms with Gasteiger partial charge in [-0.1, -0.05) is 6.92 Å². The maximum atomic E-state index is 12.0. The molecule has 0 bridgehead atoms. The van der Waals surface area contributed by atoms with Crippen LogP contribution in [0.3, 0.4) is 0 Å². The Morgan fingerprint density at radius 2 is 1.96 bits per heavy atom. The van der Waals surface area contributed by atoms with Gasteiger partial charge in [0.25, 0.3) is 5.91 Å². The highest BCUT2D eigenvalue weighted by Crippen LogP contribution is 2.29. The van der Waals surface area contributed by atoms with Crippen LogP contribution in [-0.2, 0) is 20.7 Å². The number of nitrogens with one attached hydrogen (secondary N) is 1. The van der Waals surface area contributed by atoms with Gasteiger partial charge in [-0.3, -0.25) is 4.79 Å². The number of aromatic nitrogens is 1. The van der Waals surface area contributed by atoms with E-state index in [1.807, 2.05) is 6.92 Å². The van der Waals surface area contributed by atoms with Crippen LogP contribution in [0.25, 0.3) is 0 Å². The van der Waals surface area contributed by atoms with Crippen LogP contribution in [0.2, 0.25) is 0 Å². The second-order valence-corrected chi connectivity index (χ2v) is 6.20. The number of ether oxygens (including phenoxy) is 2. The van der Waals surface area contributed by atoms with Crippen molar-refractivity contribution in [3.05, 3.63) is 51.8 Å². The maximum absolute atomic E-state index is 12.0. The molecule has 138 valence electrons. The molecule has 0 saturated heterocycles. The van der Waals surface area contributed by atoms with Crippen molar-refractivity contribution in [2.45, 2.75) is 20.3 Å². The fourth-order valence-electron chi connectivity index (χ4n) is 2.02. The molecule has 0 aromatic carbocycles. The van der Waals surface area contributed by atoms with E-state index in [0.717, 1.165) is 11.1 Å². The number of rotatable bonds is 7. The van der Waals surface area contributed by atoms with Gasteiger partial charge in [-0.05, 0) is 25.5 Å². The minimum absolute atomic E-state index is 0.216. The van der Waals surface area contributed by atoms with Gasteiger partial charge in [0.15, 0.2) is 12.8 Å². The Bertz CT molecular complexity index is 817. The first kappa shape index (κ1) is 19.4. The maximum Gasteiger partial charge on any atom is 0.405 e. The summed E-state index contributed by atoms with van der Waals surface area (Å²) >= 11 is 1.25. The predicted octanol–water partition coefficient (Wildman–Crippen LogP) is 1.92. The van der Waals surface area contributed by atoms with E-state index < -0.39 is 24.5 Å². The van der Waals surface area contributed by atoms with Gasteiger partial charge in [0, 0.05) is 17.0 Å². The van der Waals surface area contributed by atoms with Crippen molar-refractivity contribution in [2.75, 3.05) is 18.5 Å². The van der Waals surface area contributed by atoms with Crippen molar-refractivity contribution in [1.82, 2.24) is 0 Å². The fraction of sp³-hybridized carbons (Fsp3) is 0.294. The normalized spacial score (nSPS) is 10.2. The molecular formula is C17H18N2O6S. The van der Waals surface area contributed by atoms with Crippen LogP contribution < -0.4 is 10.0 Å². The van der Waals surface area contributed by atoms with E-state index in [0.29, 0.717) is 16.2 Å². The van der Waals surface area contributed by atoms with Crippen LogP contribution >= 0.6 is 11.3 Å². The minimum Gasteiger partial charge on any atom is -0.618 e. The molecule has 8 nitrogen and oxygen atoms in total. The van der Waals surface area contributed by atoms with Crippen LogP contribution in [0.5, 0.6) is 0 Å². The second-order valence-electron chi connectivity index (χ2n) is 5.07. The Labute approximate surface area is 153 Å². The first-order valence-corrected chi connectivity index (χ1v) is 8.72. The minimum atomic E-state index is -0.915. The van der Waals surface area contributed by atoms with Crippen molar-refractivity contribution in [2.24, 2.45) is 0 Å². The molecule has 0 saturated carbocycles. The van der Waals surface area contributed by atoms with E-state index >= 15 is 0 Å². The molecule has 0 spiro atoms.